The molecule has 2 N–H and O–H groups in total. The van der Waals surface area contributed by atoms with Crippen LogP contribution in [0.4, 0.5) is 8.78 Å². The van der Waals surface area contributed by atoms with Gasteiger partial charge in [0.1, 0.15) is 11.6 Å². The first kappa shape index (κ1) is 22.7. The summed E-state index contributed by atoms with van der Waals surface area (Å²) in [5.41, 5.74) is 0.205. The van der Waals surface area contributed by atoms with Crippen LogP contribution in [0.3, 0.4) is 0 Å². The molecule has 2 saturated carbocycles. The molecule has 0 aromatic heterocycles. The molecule has 0 bridgehead atoms. The van der Waals surface area contributed by atoms with Gasteiger partial charge < -0.3 is 15.5 Å². The number of rotatable bonds is 4. The number of aliphatic imine (C=N–C) groups is 1. The summed E-state index contributed by atoms with van der Waals surface area (Å²) in [4.78, 5) is 7.01. The average Bonchev–Trinajstić information content (AvgIpc) is 3.47. The van der Waals surface area contributed by atoms with E-state index in [0.29, 0.717) is 6.04 Å². The fraction of sp³-hybridized carbons (Fsp3) is 0.682. The minimum atomic E-state index is -0.452. The lowest BCUT2D eigenvalue weighted by molar-refractivity contribution is 0.119. The average molecular weight is 518 g/mol. The van der Waals surface area contributed by atoms with E-state index >= 15 is 0 Å². The zero-order valence-electron chi connectivity index (χ0n) is 17.2. The van der Waals surface area contributed by atoms with Crippen molar-refractivity contribution in [3.05, 3.63) is 35.4 Å². The van der Waals surface area contributed by atoms with Crippen molar-refractivity contribution < 1.29 is 8.78 Å². The molecule has 0 radical (unpaired) electrons. The number of halogens is 3. The number of nitrogens with zero attached hydrogens (tertiary/aromatic N) is 2. The maximum atomic E-state index is 14.0. The molecule has 1 heterocycles. The summed E-state index contributed by atoms with van der Waals surface area (Å²) < 4.78 is 28.0. The van der Waals surface area contributed by atoms with Crippen molar-refractivity contribution >= 4 is 29.9 Å². The summed E-state index contributed by atoms with van der Waals surface area (Å²) >= 11 is 0. The van der Waals surface area contributed by atoms with Gasteiger partial charge in [-0.05, 0) is 44.2 Å². The standard InChI is InChI=1S/C22H32F2N4.HI/c1-25-22(27-20-14-17(20)21-18(23)8-5-9-19(21)24)26-15-10-12-28(13-11-15)16-6-3-2-4-7-16;/h5,8-9,15-17,20H,2-4,6-7,10-14H2,1H3,(H2,25,26,27);1H. The van der Waals surface area contributed by atoms with Crippen molar-refractivity contribution in [2.24, 2.45) is 4.99 Å². The van der Waals surface area contributed by atoms with Gasteiger partial charge in [0, 0.05) is 49.7 Å². The van der Waals surface area contributed by atoms with Crippen LogP contribution in [0, 0.1) is 11.6 Å². The molecule has 0 amide bonds. The summed E-state index contributed by atoms with van der Waals surface area (Å²) in [6.07, 6.45) is 9.84. The number of benzene rings is 1. The van der Waals surface area contributed by atoms with E-state index in [2.05, 4.69) is 20.5 Å². The van der Waals surface area contributed by atoms with Crippen LogP contribution >= 0.6 is 24.0 Å². The van der Waals surface area contributed by atoms with E-state index in [-0.39, 0.29) is 41.5 Å². The molecule has 2 aliphatic carbocycles. The zero-order chi connectivity index (χ0) is 19.5. The van der Waals surface area contributed by atoms with Gasteiger partial charge in [0.05, 0.1) is 0 Å². The molecular formula is C22H33F2IN4. The number of likely N-dealkylation sites (tertiary alicyclic amines) is 1. The van der Waals surface area contributed by atoms with E-state index in [9.17, 15) is 8.78 Å². The van der Waals surface area contributed by atoms with E-state index in [1.807, 2.05) is 0 Å². The molecule has 1 aliphatic heterocycles. The smallest absolute Gasteiger partial charge is 0.191 e. The minimum Gasteiger partial charge on any atom is -0.354 e. The highest BCUT2D eigenvalue weighted by Crippen LogP contribution is 2.43. The highest BCUT2D eigenvalue weighted by atomic mass is 127. The summed E-state index contributed by atoms with van der Waals surface area (Å²) in [7, 11) is 1.76. The molecule has 2 atom stereocenters. The lowest BCUT2D eigenvalue weighted by atomic mass is 9.92. The van der Waals surface area contributed by atoms with Crippen LogP contribution in [0.5, 0.6) is 0 Å². The summed E-state index contributed by atoms with van der Waals surface area (Å²) in [6, 6.07) is 5.32. The molecule has 162 valence electrons. The van der Waals surface area contributed by atoms with Gasteiger partial charge in [0.15, 0.2) is 5.96 Å². The topological polar surface area (TPSA) is 39.7 Å². The Hall–Kier alpha value is -0.960. The van der Waals surface area contributed by atoms with Gasteiger partial charge in [-0.1, -0.05) is 25.3 Å². The van der Waals surface area contributed by atoms with Crippen molar-refractivity contribution in [1.82, 2.24) is 15.5 Å². The number of hydrogen-bond acceptors (Lipinski definition) is 2. The highest BCUT2D eigenvalue weighted by Gasteiger charge is 2.42. The van der Waals surface area contributed by atoms with Crippen molar-refractivity contribution in [2.75, 3.05) is 20.1 Å². The molecule has 1 aromatic carbocycles. The Bertz CT molecular complexity index is 680. The highest BCUT2D eigenvalue weighted by molar-refractivity contribution is 14.0. The largest absolute Gasteiger partial charge is 0.354 e. The molecule has 29 heavy (non-hydrogen) atoms. The van der Waals surface area contributed by atoms with Crippen LogP contribution in [-0.4, -0.2) is 49.1 Å². The Labute approximate surface area is 189 Å². The second kappa shape index (κ2) is 10.4. The lowest BCUT2D eigenvalue weighted by Crippen LogP contribution is -2.51. The van der Waals surface area contributed by atoms with Crippen LogP contribution in [-0.2, 0) is 0 Å². The quantitative estimate of drug-likeness (QED) is 0.353. The van der Waals surface area contributed by atoms with E-state index in [1.165, 1.54) is 50.3 Å². The summed E-state index contributed by atoms with van der Waals surface area (Å²) in [6.45, 7) is 2.29. The molecule has 0 spiro atoms. The fourth-order valence-corrected chi connectivity index (χ4v) is 4.93. The Balaban J connectivity index is 0.00000240. The Kier molecular flexibility index (Phi) is 8.13. The molecule has 1 saturated heterocycles. The Morgan fingerprint density at radius 3 is 2.28 bits per heavy atom. The van der Waals surface area contributed by atoms with Gasteiger partial charge >= 0.3 is 0 Å². The molecule has 7 heteroatoms. The van der Waals surface area contributed by atoms with E-state index < -0.39 is 11.6 Å². The SMILES string of the molecule is CN=C(NC1CCN(C2CCCCC2)CC1)NC1CC1c1c(F)cccc1F.I. The molecule has 4 rings (SSSR count). The first-order valence-corrected chi connectivity index (χ1v) is 10.8. The summed E-state index contributed by atoms with van der Waals surface area (Å²) in [5, 5.41) is 6.88. The molecule has 3 aliphatic rings. The predicted molar refractivity (Wildman–Crippen MR) is 124 cm³/mol. The van der Waals surface area contributed by atoms with Crippen molar-refractivity contribution in [3.8, 4) is 0 Å². The number of nitrogens with one attached hydrogen (secondary N) is 2. The Morgan fingerprint density at radius 2 is 1.66 bits per heavy atom. The molecular weight excluding hydrogens is 485 g/mol. The van der Waals surface area contributed by atoms with Crippen LogP contribution in [0.25, 0.3) is 0 Å². The van der Waals surface area contributed by atoms with Gasteiger partial charge in [-0.15, -0.1) is 24.0 Å². The minimum absolute atomic E-state index is 0. The molecule has 2 unspecified atom stereocenters. The van der Waals surface area contributed by atoms with Crippen LogP contribution in [0.15, 0.2) is 23.2 Å². The van der Waals surface area contributed by atoms with Gasteiger partial charge in [-0.3, -0.25) is 4.99 Å². The monoisotopic (exact) mass is 518 g/mol. The van der Waals surface area contributed by atoms with Gasteiger partial charge in [-0.2, -0.15) is 0 Å². The van der Waals surface area contributed by atoms with Gasteiger partial charge in [-0.25, -0.2) is 8.78 Å². The second-order valence-electron chi connectivity index (χ2n) is 8.55. The molecule has 1 aromatic rings. The third-order valence-corrected chi connectivity index (χ3v) is 6.67. The van der Waals surface area contributed by atoms with Gasteiger partial charge in [0.2, 0.25) is 0 Å². The maximum absolute atomic E-state index is 14.0. The first-order chi connectivity index (χ1) is 13.7. The van der Waals surface area contributed by atoms with Crippen molar-refractivity contribution in [1.29, 1.82) is 0 Å². The maximum Gasteiger partial charge on any atom is 0.191 e. The molecule has 4 nitrogen and oxygen atoms in total. The van der Waals surface area contributed by atoms with Crippen LogP contribution in [0.1, 0.15) is 62.8 Å². The zero-order valence-corrected chi connectivity index (χ0v) is 19.5. The Morgan fingerprint density at radius 1 is 1.00 bits per heavy atom. The number of guanidine groups is 1. The summed E-state index contributed by atoms with van der Waals surface area (Å²) in [5.74, 6) is -0.270. The van der Waals surface area contributed by atoms with E-state index in [0.717, 1.165) is 44.4 Å². The van der Waals surface area contributed by atoms with Gasteiger partial charge in [0.25, 0.3) is 0 Å². The fourth-order valence-electron chi connectivity index (χ4n) is 4.93. The predicted octanol–water partition coefficient (Wildman–Crippen LogP) is 4.40. The molecule has 3 fully saturated rings. The number of piperidine rings is 1. The van der Waals surface area contributed by atoms with E-state index in [4.69, 9.17) is 0 Å². The third kappa shape index (κ3) is 5.60. The van der Waals surface area contributed by atoms with Crippen LogP contribution < -0.4 is 10.6 Å². The first-order valence-electron chi connectivity index (χ1n) is 10.8. The third-order valence-electron chi connectivity index (χ3n) is 6.67. The van der Waals surface area contributed by atoms with E-state index in [1.54, 1.807) is 7.05 Å². The van der Waals surface area contributed by atoms with Crippen molar-refractivity contribution in [3.63, 3.8) is 0 Å². The normalized spacial score (nSPS) is 26.7. The number of hydrogen-bond donors (Lipinski definition) is 2. The van der Waals surface area contributed by atoms with Crippen LogP contribution in [0.2, 0.25) is 0 Å². The lowest BCUT2D eigenvalue weighted by Gasteiger charge is -2.39. The second-order valence-corrected chi connectivity index (χ2v) is 8.55. The van der Waals surface area contributed by atoms with Crippen molar-refractivity contribution in [2.45, 2.75) is 75.4 Å².